The third-order valence-electron chi connectivity index (χ3n) is 11.8. The van der Waals surface area contributed by atoms with E-state index in [1.807, 2.05) is 6.92 Å². The molecule has 188 valence electrons. The number of cyclic esters (lactones) is 1. The van der Waals surface area contributed by atoms with Gasteiger partial charge in [0.25, 0.3) is 0 Å². The fourth-order valence-electron chi connectivity index (χ4n) is 9.72. The van der Waals surface area contributed by atoms with Gasteiger partial charge < -0.3 is 4.74 Å². The monoisotopic (exact) mass is 468 g/mol. The molecule has 0 aromatic rings. The summed E-state index contributed by atoms with van der Waals surface area (Å²) in [7, 11) is 0. The van der Waals surface area contributed by atoms with Crippen LogP contribution >= 0.6 is 0 Å². The van der Waals surface area contributed by atoms with E-state index >= 15 is 0 Å². The lowest BCUT2D eigenvalue weighted by molar-refractivity contribution is -0.165. The van der Waals surface area contributed by atoms with Crippen LogP contribution in [-0.4, -0.2) is 23.1 Å². The lowest BCUT2D eigenvalue weighted by Gasteiger charge is -2.62. The highest BCUT2D eigenvalue weighted by molar-refractivity contribution is 5.95. The molecule has 4 nitrogen and oxygen atoms in total. The molecule has 4 aliphatic carbocycles. The Labute approximate surface area is 205 Å². The molecule has 5 aliphatic rings. The molecule has 4 fully saturated rings. The first-order valence-corrected chi connectivity index (χ1v) is 13.8. The fraction of sp³-hybridized carbons (Fsp3) is 0.833. The number of hydrogen-bond acceptors (Lipinski definition) is 4. The number of ketones is 2. The average Bonchev–Trinajstić information content (AvgIpc) is 3.20. The molecule has 7 atom stereocenters. The number of ether oxygens (including phenoxy) is 1. The van der Waals surface area contributed by atoms with Crippen molar-refractivity contribution in [2.24, 2.45) is 45.3 Å². The van der Waals surface area contributed by atoms with Crippen molar-refractivity contribution >= 4 is 17.5 Å². The maximum Gasteiger partial charge on any atom is 0.314 e. The number of carbonyl (C=O) groups excluding carboxylic acids is 3. The summed E-state index contributed by atoms with van der Waals surface area (Å²) in [5.41, 5.74) is -0.591. The van der Waals surface area contributed by atoms with Gasteiger partial charge in [0.2, 0.25) is 0 Å². The Hall–Kier alpha value is -1.45. The molecule has 1 spiro atoms. The molecule has 4 heteroatoms. The van der Waals surface area contributed by atoms with Crippen molar-refractivity contribution < 1.29 is 19.1 Å². The standard InChI is InChI=1S/C30H44O4/c1-18(2)8-11-24(32)29(7)22-13-16-28(6)20-9-10-21-26(3,4)23(31)14-15-27(21,5)19(20)12-17-30(22,28)25(33)34-29/h9,18-19,21-22H,8,10-17H2,1-7H3/t19?,21?,22?,27?,28-,29+,30?/m0/s1. The summed E-state index contributed by atoms with van der Waals surface area (Å²) < 4.78 is 6.13. The van der Waals surface area contributed by atoms with Crippen LogP contribution in [0, 0.1) is 45.3 Å². The first-order valence-electron chi connectivity index (χ1n) is 13.8. The van der Waals surface area contributed by atoms with E-state index in [1.165, 1.54) is 5.57 Å². The molecular weight excluding hydrogens is 424 g/mol. The van der Waals surface area contributed by atoms with E-state index in [1.54, 1.807) is 0 Å². The van der Waals surface area contributed by atoms with Crippen molar-refractivity contribution in [2.45, 2.75) is 112 Å². The second kappa shape index (κ2) is 7.29. The van der Waals surface area contributed by atoms with E-state index < -0.39 is 11.0 Å². The zero-order valence-electron chi connectivity index (χ0n) is 22.4. The Bertz CT molecular complexity index is 974. The number of hydrogen-bond donors (Lipinski definition) is 0. The number of esters is 1. The minimum atomic E-state index is -0.989. The molecule has 5 rings (SSSR count). The van der Waals surface area contributed by atoms with Crippen molar-refractivity contribution in [1.82, 2.24) is 0 Å². The van der Waals surface area contributed by atoms with E-state index in [9.17, 15) is 14.4 Å². The molecule has 1 aliphatic heterocycles. The largest absolute Gasteiger partial charge is 0.451 e. The van der Waals surface area contributed by atoms with E-state index in [2.05, 4.69) is 47.6 Å². The number of Topliss-reactive ketones (excluding diaryl/α,β-unsaturated/α-hetero) is 2. The summed E-state index contributed by atoms with van der Waals surface area (Å²) in [5.74, 6) is 1.57. The molecule has 0 N–H and O–H groups in total. The molecule has 0 radical (unpaired) electrons. The molecule has 3 saturated carbocycles. The summed E-state index contributed by atoms with van der Waals surface area (Å²) in [6, 6.07) is 0. The predicted octanol–water partition coefficient (Wildman–Crippen LogP) is 6.46. The van der Waals surface area contributed by atoms with Crippen LogP contribution in [0.1, 0.15) is 106 Å². The third-order valence-corrected chi connectivity index (χ3v) is 11.8. The van der Waals surface area contributed by atoms with Gasteiger partial charge in [0, 0.05) is 29.6 Å². The Balaban J connectivity index is 1.53. The van der Waals surface area contributed by atoms with Crippen LogP contribution in [0.5, 0.6) is 0 Å². The number of carbonyl (C=O) groups is 3. The Kier molecular flexibility index (Phi) is 5.20. The van der Waals surface area contributed by atoms with Crippen LogP contribution in [0.2, 0.25) is 0 Å². The highest BCUT2D eigenvalue weighted by atomic mass is 16.6. The van der Waals surface area contributed by atoms with Crippen LogP contribution in [0.15, 0.2) is 11.6 Å². The smallest absolute Gasteiger partial charge is 0.314 e. The summed E-state index contributed by atoms with van der Waals surface area (Å²) >= 11 is 0. The van der Waals surface area contributed by atoms with Gasteiger partial charge in [0.1, 0.15) is 5.78 Å². The fourth-order valence-corrected chi connectivity index (χ4v) is 9.72. The van der Waals surface area contributed by atoms with Crippen molar-refractivity contribution in [3.05, 3.63) is 11.6 Å². The van der Waals surface area contributed by atoms with Crippen molar-refractivity contribution in [3.8, 4) is 0 Å². The Morgan fingerprint density at radius 2 is 1.74 bits per heavy atom. The lowest BCUT2D eigenvalue weighted by atomic mass is 9.41. The zero-order valence-corrected chi connectivity index (χ0v) is 22.4. The highest BCUT2D eigenvalue weighted by Gasteiger charge is 2.77. The van der Waals surface area contributed by atoms with Gasteiger partial charge in [-0.1, -0.05) is 53.2 Å². The topological polar surface area (TPSA) is 60.4 Å². The van der Waals surface area contributed by atoms with Gasteiger partial charge in [0.15, 0.2) is 11.4 Å². The molecule has 0 aromatic carbocycles. The van der Waals surface area contributed by atoms with Crippen molar-refractivity contribution in [1.29, 1.82) is 0 Å². The van der Waals surface area contributed by atoms with Crippen LogP contribution < -0.4 is 0 Å². The number of fused-ring (bicyclic) bond motifs is 4. The summed E-state index contributed by atoms with van der Waals surface area (Å²) in [4.78, 5) is 40.1. The van der Waals surface area contributed by atoms with Gasteiger partial charge in [0.05, 0.1) is 5.41 Å². The second-order valence-corrected chi connectivity index (χ2v) is 13.9. The van der Waals surface area contributed by atoms with Gasteiger partial charge in [-0.25, -0.2) is 0 Å². The second-order valence-electron chi connectivity index (χ2n) is 13.9. The summed E-state index contributed by atoms with van der Waals surface area (Å²) in [5, 5.41) is 0. The number of allylic oxidation sites excluding steroid dienone is 2. The van der Waals surface area contributed by atoms with Gasteiger partial charge in [-0.2, -0.15) is 0 Å². The van der Waals surface area contributed by atoms with Crippen molar-refractivity contribution in [3.63, 3.8) is 0 Å². The molecule has 5 unspecified atom stereocenters. The lowest BCUT2D eigenvalue weighted by Crippen LogP contribution is -2.58. The minimum absolute atomic E-state index is 0.0334. The third kappa shape index (κ3) is 2.75. The molecule has 0 aromatic heterocycles. The predicted molar refractivity (Wildman–Crippen MR) is 132 cm³/mol. The molecule has 34 heavy (non-hydrogen) atoms. The van der Waals surface area contributed by atoms with Gasteiger partial charge >= 0.3 is 5.97 Å². The van der Waals surface area contributed by atoms with E-state index in [0.717, 1.165) is 44.9 Å². The zero-order chi connectivity index (χ0) is 24.9. The van der Waals surface area contributed by atoms with Crippen LogP contribution in [0.4, 0.5) is 0 Å². The first kappa shape index (κ1) is 24.3. The average molecular weight is 469 g/mol. The van der Waals surface area contributed by atoms with E-state index in [4.69, 9.17) is 4.74 Å². The van der Waals surface area contributed by atoms with Crippen molar-refractivity contribution in [2.75, 3.05) is 0 Å². The van der Waals surface area contributed by atoms with Crippen LogP contribution in [0.25, 0.3) is 0 Å². The molecular formula is C30H44O4. The van der Waals surface area contributed by atoms with Gasteiger partial charge in [-0.15, -0.1) is 0 Å². The minimum Gasteiger partial charge on any atom is -0.451 e. The van der Waals surface area contributed by atoms with Gasteiger partial charge in [-0.3, -0.25) is 14.4 Å². The summed E-state index contributed by atoms with van der Waals surface area (Å²) in [6.45, 7) is 15.2. The Morgan fingerprint density at radius 3 is 2.41 bits per heavy atom. The van der Waals surface area contributed by atoms with E-state index in [-0.39, 0.29) is 33.9 Å². The Morgan fingerprint density at radius 1 is 1.03 bits per heavy atom. The molecule has 1 heterocycles. The SMILES string of the molecule is CC(C)CCC(=O)[C@]1(C)OC(=O)C23CCC4C(=CCC5C(C)(C)C(=O)CCC45C)[C@]2(C)CCC31. The highest BCUT2D eigenvalue weighted by Crippen LogP contribution is 2.75. The van der Waals surface area contributed by atoms with Crippen LogP contribution in [0.3, 0.4) is 0 Å². The normalized spacial score (nSPS) is 46.8. The maximum absolute atomic E-state index is 13.8. The molecule has 0 amide bonds. The summed E-state index contributed by atoms with van der Waals surface area (Å²) in [6.07, 6.45) is 9.86. The van der Waals surface area contributed by atoms with Gasteiger partial charge in [-0.05, 0) is 75.0 Å². The number of rotatable bonds is 4. The first-order chi connectivity index (χ1) is 15.7. The van der Waals surface area contributed by atoms with Crippen LogP contribution in [-0.2, 0) is 19.1 Å². The maximum atomic E-state index is 13.8. The molecule has 1 saturated heterocycles. The quantitative estimate of drug-likeness (QED) is 0.351. The van der Waals surface area contributed by atoms with E-state index in [0.29, 0.717) is 36.4 Å². The molecule has 0 bridgehead atoms.